The Kier molecular flexibility index (Phi) is 6.24. The van der Waals surface area contributed by atoms with Gasteiger partial charge in [0.25, 0.3) is 0 Å². The molecule has 5 nitrogen and oxygen atoms in total. The van der Waals surface area contributed by atoms with E-state index >= 15 is 0 Å². The highest BCUT2D eigenvalue weighted by molar-refractivity contribution is 5.83. The second kappa shape index (κ2) is 8.69. The molecule has 0 aliphatic heterocycles. The van der Waals surface area contributed by atoms with Crippen LogP contribution in [0.15, 0.2) is 30.3 Å². The number of carbonyl (C=O) groups excluding carboxylic acids is 1. The Balaban J connectivity index is 1.37. The quantitative estimate of drug-likeness (QED) is 0.535. The van der Waals surface area contributed by atoms with Crippen LogP contribution in [0.1, 0.15) is 77.4 Å². The van der Waals surface area contributed by atoms with Gasteiger partial charge in [0.2, 0.25) is 0 Å². The number of hydrogen-bond acceptors (Lipinski definition) is 5. The van der Waals surface area contributed by atoms with Gasteiger partial charge in [-0.25, -0.2) is 0 Å². The van der Waals surface area contributed by atoms with E-state index in [1.807, 2.05) is 30.3 Å². The average Bonchev–Trinajstić information content (AvgIpc) is 3.17. The van der Waals surface area contributed by atoms with Gasteiger partial charge in [-0.2, -0.15) is 0 Å². The molecule has 5 rings (SSSR count). The highest BCUT2D eigenvalue weighted by Gasteiger charge is 2.63. The van der Waals surface area contributed by atoms with E-state index in [0.29, 0.717) is 42.9 Å². The zero-order chi connectivity index (χ0) is 24.4. The number of hydrogen-bond donors (Lipinski definition) is 4. The highest BCUT2D eigenvalue weighted by atomic mass is 16.3. The number of rotatable bonds is 4. The topological polar surface area (TPSA) is 98.0 Å². The molecular formula is C29H42O5. The van der Waals surface area contributed by atoms with Gasteiger partial charge < -0.3 is 20.4 Å². The molecule has 5 heteroatoms. The number of aliphatic hydroxyl groups is 4. The van der Waals surface area contributed by atoms with Crippen molar-refractivity contribution < 1.29 is 25.2 Å². The first-order valence-corrected chi connectivity index (χ1v) is 13.4. The molecule has 0 radical (unpaired) electrons. The zero-order valence-corrected chi connectivity index (χ0v) is 20.8. The summed E-state index contributed by atoms with van der Waals surface area (Å²) < 4.78 is 0. The van der Waals surface area contributed by atoms with Crippen molar-refractivity contribution in [2.24, 2.45) is 46.3 Å². The summed E-state index contributed by atoms with van der Waals surface area (Å²) in [6, 6.07) is 9.42. The minimum absolute atomic E-state index is 0.0360. The Labute approximate surface area is 203 Å². The number of fused-ring (bicyclic) bond motifs is 5. The van der Waals surface area contributed by atoms with Gasteiger partial charge in [0.05, 0.1) is 18.3 Å². The fraction of sp³-hybridized carbons (Fsp3) is 0.759. The SMILES string of the molecule is C[C@H](C(O)C(O)c1ccccc1)[C@H]1CC[C@H]2[C@@H]3CC(=O)[C@H]4C[C@H](O)[C@H](O)C[C@]4(C)[C@H]3CC[C@]12C. The fourth-order valence-electron chi connectivity index (χ4n) is 9.35. The molecule has 0 aromatic heterocycles. The molecular weight excluding hydrogens is 428 g/mol. The van der Waals surface area contributed by atoms with E-state index in [4.69, 9.17) is 0 Å². The summed E-state index contributed by atoms with van der Waals surface area (Å²) in [5, 5.41) is 42.8. The van der Waals surface area contributed by atoms with Crippen molar-refractivity contribution >= 4 is 5.78 Å². The lowest BCUT2D eigenvalue weighted by molar-refractivity contribution is -0.174. The van der Waals surface area contributed by atoms with E-state index in [9.17, 15) is 25.2 Å². The van der Waals surface area contributed by atoms with Gasteiger partial charge in [0.1, 0.15) is 11.9 Å². The second-order valence-corrected chi connectivity index (χ2v) is 12.6. The van der Waals surface area contributed by atoms with Gasteiger partial charge in [0.15, 0.2) is 0 Å². The molecule has 4 aliphatic rings. The van der Waals surface area contributed by atoms with Crippen LogP contribution >= 0.6 is 0 Å². The largest absolute Gasteiger partial charge is 0.390 e. The molecule has 4 N–H and O–H groups in total. The molecule has 1 aromatic rings. The maximum absolute atomic E-state index is 13.3. The Bertz CT molecular complexity index is 903. The van der Waals surface area contributed by atoms with Crippen molar-refractivity contribution in [2.75, 3.05) is 0 Å². The molecule has 2 unspecified atom stereocenters. The highest BCUT2D eigenvalue weighted by Crippen LogP contribution is 2.68. The lowest BCUT2D eigenvalue weighted by Crippen LogP contribution is -2.59. The Morgan fingerprint density at radius 3 is 2.32 bits per heavy atom. The zero-order valence-electron chi connectivity index (χ0n) is 20.8. The third-order valence-corrected chi connectivity index (χ3v) is 11.2. The van der Waals surface area contributed by atoms with E-state index in [0.717, 1.165) is 31.2 Å². The summed E-state index contributed by atoms with van der Waals surface area (Å²) in [4.78, 5) is 13.3. The van der Waals surface area contributed by atoms with Crippen molar-refractivity contribution in [1.82, 2.24) is 0 Å². The van der Waals surface area contributed by atoms with E-state index in [2.05, 4.69) is 20.8 Å². The first-order valence-electron chi connectivity index (χ1n) is 13.4. The van der Waals surface area contributed by atoms with Crippen molar-refractivity contribution in [2.45, 2.75) is 90.1 Å². The predicted molar refractivity (Wildman–Crippen MR) is 130 cm³/mol. The Hall–Kier alpha value is -1.27. The summed E-state index contributed by atoms with van der Waals surface area (Å²) in [6.07, 6.45) is 2.38. The second-order valence-electron chi connectivity index (χ2n) is 12.6. The molecule has 188 valence electrons. The van der Waals surface area contributed by atoms with Gasteiger partial charge in [-0.1, -0.05) is 51.1 Å². The van der Waals surface area contributed by atoms with Gasteiger partial charge in [-0.3, -0.25) is 4.79 Å². The summed E-state index contributed by atoms with van der Waals surface area (Å²) >= 11 is 0. The maximum Gasteiger partial charge on any atom is 0.136 e. The molecule has 4 fully saturated rings. The van der Waals surface area contributed by atoms with E-state index < -0.39 is 24.4 Å². The van der Waals surface area contributed by atoms with E-state index in [-0.39, 0.29) is 28.4 Å². The number of aliphatic hydroxyl groups excluding tert-OH is 4. The molecule has 0 bridgehead atoms. The minimum Gasteiger partial charge on any atom is -0.390 e. The van der Waals surface area contributed by atoms with Crippen LogP contribution in [0, 0.1) is 46.3 Å². The van der Waals surface area contributed by atoms with Crippen LogP contribution in [-0.4, -0.2) is 44.5 Å². The molecule has 0 amide bonds. The Morgan fingerprint density at radius 2 is 1.62 bits per heavy atom. The summed E-state index contributed by atoms with van der Waals surface area (Å²) in [7, 11) is 0. The van der Waals surface area contributed by atoms with Crippen LogP contribution in [0.4, 0.5) is 0 Å². The van der Waals surface area contributed by atoms with E-state index in [1.165, 1.54) is 0 Å². The summed E-state index contributed by atoms with van der Waals surface area (Å²) in [6.45, 7) is 6.64. The van der Waals surface area contributed by atoms with Crippen LogP contribution in [0.2, 0.25) is 0 Å². The first kappa shape index (κ1) is 24.4. The van der Waals surface area contributed by atoms with Crippen molar-refractivity contribution in [3.63, 3.8) is 0 Å². The van der Waals surface area contributed by atoms with Crippen molar-refractivity contribution in [3.05, 3.63) is 35.9 Å². The van der Waals surface area contributed by atoms with Crippen LogP contribution in [0.5, 0.6) is 0 Å². The summed E-state index contributed by atoms with van der Waals surface area (Å²) in [5.74, 6) is 1.51. The van der Waals surface area contributed by atoms with Gasteiger partial charge in [-0.05, 0) is 84.5 Å². The average molecular weight is 471 g/mol. The van der Waals surface area contributed by atoms with Crippen LogP contribution < -0.4 is 0 Å². The third-order valence-electron chi connectivity index (χ3n) is 11.2. The van der Waals surface area contributed by atoms with Crippen molar-refractivity contribution in [1.29, 1.82) is 0 Å². The molecule has 0 saturated heterocycles. The van der Waals surface area contributed by atoms with Crippen LogP contribution in [-0.2, 0) is 4.79 Å². The van der Waals surface area contributed by atoms with Crippen molar-refractivity contribution in [3.8, 4) is 0 Å². The van der Waals surface area contributed by atoms with Crippen LogP contribution in [0.3, 0.4) is 0 Å². The fourth-order valence-corrected chi connectivity index (χ4v) is 9.35. The molecule has 34 heavy (non-hydrogen) atoms. The summed E-state index contributed by atoms with van der Waals surface area (Å²) in [5.41, 5.74) is 0.543. The molecule has 4 saturated carbocycles. The van der Waals surface area contributed by atoms with Gasteiger partial charge in [-0.15, -0.1) is 0 Å². The standard InChI is InChI=1S/C29H42O5/c1-16(26(33)27(34)17-7-5-4-6-8-17)19-9-10-20-18-13-23(30)22-14-24(31)25(32)15-29(22,3)21(18)11-12-28(19,20)2/h4-8,16,18-22,24-27,31-34H,9-15H2,1-3H3/t16-,18-,19+,20-,21-,22+,24-,25+,26?,27?,28+,29+/m0/s1. The third kappa shape index (κ3) is 3.61. The molecule has 0 spiro atoms. The minimum atomic E-state index is -0.902. The monoisotopic (exact) mass is 470 g/mol. The molecule has 4 aliphatic carbocycles. The normalized spacial score (nSPS) is 46.7. The predicted octanol–water partition coefficient (Wildman–Crippen LogP) is 3.89. The Morgan fingerprint density at radius 1 is 0.941 bits per heavy atom. The lowest BCUT2D eigenvalue weighted by atomic mass is 9.44. The maximum atomic E-state index is 13.3. The number of benzene rings is 1. The first-order chi connectivity index (χ1) is 16.1. The smallest absolute Gasteiger partial charge is 0.136 e. The van der Waals surface area contributed by atoms with E-state index in [1.54, 1.807) is 0 Å². The molecule has 0 heterocycles. The van der Waals surface area contributed by atoms with Gasteiger partial charge in [0, 0.05) is 12.3 Å². The lowest BCUT2D eigenvalue weighted by Gasteiger charge is -2.61. The number of ketones is 1. The van der Waals surface area contributed by atoms with Crippen LogP contribution in [0.25, 0.3) is 0 Å². The number of Topliss-reactive ketones (excluding diaryl/α,β-unsaturated/α-hetero) is 1. The van der Waals surface area contributed by atoms with Gasteiger partial charge >= 0.3 is 0 Å². The number of carbonyl (C=O) groups is 1. The molecule has 12 atom stereocenters. The molecule has 1 aromatic carbocycles.